The van der Waals surface area contributed by atoms with Crippen molar-refractivity contribution >= 4 is 11.6 Å². The molecule has 0 aliphatic heterocycles. The fourth-order valence-corrected chi connectivity index (χ4v) is 2.87. The summed E-state index contributed by atoms with van der Waals surface area (Å²) in [5.41, 5.74) is 2.69. The molecule has 8 heteroatoms. The van der Waals surface area contributed by atoms with Crippen molar-refractivity contribution in [2.45, 2.75) is 19.6 Å². The topological polar surface area (TPSA) is 59.0 Å². The smallest absolute Gasteiger partial charge is 0.380 e. The first kappa shape index (κ1) is 20.4. The van der Waals surface area contributed by atoms with E-state index in [0.29, 0.717) is 29.9 Å². The Hall–Kier alpha value is -3.29. The summed E-state index contributed by atoms with van der Waals surface area (Å²) in [7, 11) is 1.85. The number of anilines is 1. The van der Waals surface area contributed by atoms with Crippen molar-refractivity contribution < 1.29 is 18.0 Å². The standard InChI is InChI=1S/C21H21F3N4O/c1-3-25-20(29)15-6-9-18(17(10-15)19-12-28(2)13-27-19)26-11-14-4-7-16(8-5-14)21(22,23)24/h4-10,12-13,26H,3,11H2,1-2H3,(H,25,29). The summed E-state index contributed by atoms with van der Waals surface area (Å²) < 4.78 is 39.9. The largest absolute Gasteiger partial charge is 0.416 e. The third-order valence-electron chi connectivity index (χ3n) is 4.36. The lowest BCUT2D eigenvalue weighted by Crippen LogP contribution is -2.22. The summed E-state index contributed by atoms with van der Waals surface area (Å²) in [4.78, 5) is 16.5. The number of imidazole rings is 1. The van der Waals surface area contributed by atoms with Gasteiger partial charge in [-0.3, -0.25) is 4.79 Å². The van der Waals surface area contributed by atoms with E-state index < -0.39 is 11.7 Å². The molecule has 0 atom stereocenters. The number of halogens is 3. The van der Waals surface area contributed by atoms with Crippen LogP contribution in [0.2, 0.25) is 0 Å². The van der Waals surface area contributed by atoms with Gasteiger partial charge in [-0.2, -0.15) is 13.2 Å². The summed E-state index contributed by atoms with van der Waals surface area (Å²) in [5.74, 6) is -0.182. The van der Waals surface area contributed by atoms with Crippen LogP contribution in [0.4, 0.5) is 18.9 Å². The van der Waals surface area contributed by atoms with E-state index in [1.165, 1.54) is 12.1 Å². The lowest BCUT2D eigenvalue weighted by molar-refractivity contribution is -0.137. The third-order valence-corrected chi connectivity index (χ3v) is 4.36. The molecule has 5 nitrogen and oxygen atoms in total. The summed E-state index contributed by atoms with van der Waals surface area (Å²) >= 11 is 0. The van der Waals surface area contributed by atoms with Gasteiger partial charge in [0.05, 0.1) is 17.6 Å². The van der Waals surface area contributed by atoms with E-state index in [-0.39, 0.29) is 5.91 Å². The van der Waals surface area contributed by atoms with E-state index in [9.17, 15) is 18.0 Å². The molecule has 0 radical (unpaired) electrons. The van der Waals surface area contributed by atoms with Gasteiger partial charge in [0.1, 0.15) is 0 Å². The summed E-state index contributed by atoms with van der Waals surface area (Å²) in [5, 5.41) is 6.00. The van der Waals surface area contributed by atoms with Gasteiger partial charge < -0.3 is 15.2 Å². The Bertz CT molecular complexity index is 994. The maximum absolute atomic E-state index is 12.7. The molecule has 1 aromatic heterocycles. The van der Waals surface area contributed by atoms with Crippen LogP contribution in [0.15, 0.2) is 55.0 Å². The second-order valence-corrected chi connectivity index (χ2v) is 6.59. The number of alkyl halides is 3. The van der Waals surface area contributed by atoms with Crippen molar-refractivity contribution in [2.24, 2.45) is 7.05 Å². The Balaban J connectivity index is 1.85. The molecule has 1 amide bonds. The Labute approximate surface area is 166 Å². The SMILES string of the molecule is CCNC(=O)c1ccc(NCc2ccc(C(F)(F)F)cc2)c(-c2cn(C)cn2)c1. The number of hydrogen-bond acceptors (Lipinski definition) is 3. The predicted molar refractivity (Wildman–Crippen MR) is 105 cm³/mol. The third kappa shape index (κ3) is 4.96. The second kappa shape index (κ2) is 8.38. The molecule has 2 N–H and O–H groups in total. The van der Waals surface area contributed by atoms with Gasteiger partial charge in [-0.1, -0.05) is 12.1 Å². The van der Waals surface area contributed by atoms with Crippen LogP contribution in [0.25, 0.3) is 11.3 Å². The van der Waals surface area contributed by atoms with Gasteiger partial charge in [-0.25, -0.2) is 4.98 Å². The lowest BCUT2D eigenvalue weighted by atomic mass is 10.0. The van der Waals surface area contributed by atoms with Crippen LogP contribution >= 0.6 is 0 Å². The molecule has 3 rings (SSSR count). The Morgan fingerprint density at radius 2 is 1.86 bits per heavy atom. The molecular weight excluding hydrogens is 381 g/mol. The van der Waals surface area contributed by atoms with Crippen molar-refractivity contribution in [2.75, 3.05) is 11.9 Å². The minimum Gasteiger partial charge on any atom is -0.380 e. The van der Waals surface area contributed by atoms with Gasteiger partial charge in [0.15, 0.2) is 0 Å². The van der Waals surface area contributed by atoms with Crippen LogP contribution in [0.5, 0.6) is 0 Å². The van der Waals surface area contributed by atoms with Gasteiger partial charge in [0.2, 0.25) is 0 Å². The van der Waals surface area contributed by atoms with Crippen molar-refractivity contribution in [3.8, 4) is 11.3 Å². The van der Waals surface area contributed by atoms with Crippen molar-refractivity contribution in [3.05, 3.63) is 71.7 Å². The first-order valence-corrected chi connectivity index (χ1v) is 9.08. The number of rotatable bonds is 6. The van der Waals surface area contributed by atoms with Crippen LogP contribution in [-0.2, 0) is 19.8 Å². The Morgan fingerprint density at radius 3 is 2.45 bits per heavy atom. The van der Waals surface area contributed by atoms with Gasteiger partial charge in [0.25, 0.3) is 5.91 Å². The lowest BCUT2D eigenvalue weighted by Gasteiger charge is -2.13. The Morgan fingerprint density at radius 1 is 1.14 bits per heavy atom. The van der Waals surface area contributed by atoms with E-state index >= 15 is 0 Å². The summed E-state index contributed by atoms with van der Waals surface area (Å²) in [6.45, 7) is 2.70. The van der Waals surface area contributed by atoms with Crippen molar-refractivity contribution in [3.63, 3.8) is 0 Å². The fraction of sp³-hybridized carbons (Fsp3) is 0.238. The normalized spacial score (nSPS) is 11.3. The van der Waals surface area contributed by atoms with Crippen molar-refractivity contribution in [1.29, 1.82) is 0 Å². The number of hydrogen-bond donors (Lipinski definition) is 2. The van der Waals surface area contributed by atoms with Gasteiger partial charge >= 0.3 is 6.18 Å². The van der Waals surface area contributed by atoms with Gasteiger partial charge in [-0.15, -0.1) is 0 Å². The quantitative estimate of drug-likeness (QED) is 0.640. The Kier molecular flexibility index (Phi) is 5.91. The molecule has 152 valence electrons. The highest BCUT2D eigenvalue weighted by molar-refractivity contribution is 5.96. The highest BCUT2D eigenvalue weighted by atomic mass is 19.4. The highest BCUT2D eigenvalue weighted by Gasteiger charge is 2.29. The molecular formula is C21H21F3N4O. The molecule has 29 heavy (non-hydrogen) atoms. The number of aryl methyl sites for hydroxylation is 1. The zero-order chi connectivity index (χ0) is 21.0. The molecule has 0 unspecified atom stereocenters. The van der Waals surface area contributed by atoms with E-state index in [1.807, 2.05) is 20.2 Å². The number of nitrogens with zero attached hydrogens (tertiary/aromatic N) is 2. The molecule has 0 bridgehead atoms. The first-order chi connectivity index (χ1) is 13.8. The molecule has 0 saturated carbocycles. The van der Waals surface area contributed by atoms with Crippen LogP contribution < -0.4 is 10.6 Å². The second-order valence-electron chi connectivity index (χ2n) is 6.59. The van der Waals surface area contributed by atoms with Crippen LogP contribution in [0, 0.1) is 0 Å². The number of carbonyl (C=O) groups excluding carboxylic acids is 1. The molecule has 0 saturated heterocycles. The predicted octanol–water partition coefficient (Wildman–Crippen LogP) is 4.47. The highest BCUT2D eigenvalue weighted by Crippen LogP contribution is 2.30. The number of amides is 1. The average Bonchev–Trinajstić information content (AvgIpc) is 3.12. The zero-order valence-corrected chi connectivity index (χ0v) is 16.0. The van der Waals surface area contributed by atoms with Gasteiger partial charge in [0, 0.05) is 43.1 Å². The summed E-state index contributed by atoms with van der Waals surface area (Å²) in [6, 6.07) is 10.2. The number of carbonyl (C=O) groups is 1. The molecule has 0 spiro atoms. The maximum Gasteiger partial charge on any atom is 0.416 e. The van der Waals surface area contributed by atoms with E-state index in [0.717, 1.165) is 23.4 Å². The molecule has 1 heterocycles. The minimum absolute atomic E-state index is 0.182. The molecule has 3 aromatic rings. The van der Waals surface area contributed by atoms with Crippen LogP contribution in [0.3, 0.4) is 0 Å². The van der Waals surface area contributed by atoms with Crippen LogP contribution in [0.1, 0.15) is 28.4 Å². The maximum atomic E-state index is 12.7. The fourth-order valence-electron chi connectivity index (χ4n) is 2.87. The minimum atomic E-state index is -4.35. The first-order valence-electron chi connectivity index (χ1n) is 9.08. The molecule has 0 aliphatic rings. The van der Waals surface area contributed by atoms with E-state index in [2.05, 4.69) is 15.6 Å². The molecule has 2 aromatic carbocycles. The van der Waals surface area contributed by atoms with E-state index in [1.54, 1.807) is 29.1 Å². The zero-order valence-electron chi connectivity index (χ0n) is 16.0. The molecule has 0 fully saturated rings. The average molecular weight is 402 g/mol. The number of aromatic nitrogens is 2. The van der Waals surface area contributed by atoms with Crippen LogP contribution in [-0.4, -0.2) is 22.0 Å². The number of nitrogens with one attached hydrogen (secondary N) is 2. The summed E-state index contributed by atoms with van der Waals surface area (Å²) in [6.07, 6.45) is -0.860. The molecule has 0 aliphatic carbocycles. The van der Waals surface area contributed by atoms with Crippen molar-refractivity contribution in [1.82, 2.24) is 14.9 Å². The number of benzene rings is 2. The monoisotopic (exact) mass is 402 g/mol. The van der Waals surface area contributed by atoms with Gasteiger partial charge in [-0.05, 0) is 42.8 Å². The van der Waals surface area contributed by atoms with E-state index in [4.69, 9.17) is 0 Å².